The van der Waals surface area contributed by atoms with Crippen LogP contribution < -0.4 is 10.2 Å². The first kappa shape index (κ1) is 20.4. The van der Waals surface area contributed by atoms with E-state index >= 15 is 0 Å². The lowest BCUT2D eigenvalue weighted by atomic mass is 10.1. The van der Waals surface area contributed by atoms with Gasteiger partial charge in [0.2, 0.25) is 5.91 Å². The third kappa shape index (κ3) is 4.33. The van der Waals surface area contributed by atoms with Gasteiger partial charge in [-0.05, 0) is 61.2 Å². The van der Waals surface area contributed by atoms with Crippen molar-refractivity contribution < 1.29 is 4.79 Å². The first-order valence-corrected chi connectivity index (χ1v) is 11.8. The molecule has 1 heterocycles. The highest BCUT2D eigenvalue weighted by Crippen LogP contribution is 2.48. The monoisotopic (exact) mass is 440 g/mol. The molecule has 0 aromatic heterocycles. The Morgan fingerprint density at radius 1 is 1.07 bits per heavy atom. The third-order valence-corrected chi connectivity index (χ3v) is 6.98. The number of halogens is 1. The van der Waals surface area contributed by atoms with Crippen LogP contribution in [0.2, 0.25) is 5.02 Å². The maximum absolute atomic E-state index is 13.3. The van der Waals surface area contributed by atoms with E-state index in [1.54, 1.807) is 23.5 Å². The average Bonchev–Trinajstić information content (AvgIpc) is 2.75. The topological polar surface area (TPSA) is 32.3 Å². The smallest absolute Gasteiger partial charge is 0.245 e. The Hall–Kier alpha value is -1.92. The number of rotatable bonds is 5. The van der Waals surface area contributed by atoms with Crippen LogP contribution in [-0.2, 0) is 4.79 Å². The van der Waals surface area contributed by atoms with E-state index in [9.17, 15) is 4.79 Å². The zero-order valence-corrected chi connectivity index (χ0v) is 18.6. The van der Waals surface area contributed by atoms with Gasteiger partial charge in [-0.2, -0.15) is 0 Å². The van der Waals surface area contributed by atoms with E-state index in [-0.39, 0.29) is 18.5 Å². The van der Waals surface area contributed by atoms with Crippen molar-refractivity contribution in [3.8, 4) is 0 Å². The van der Waals surface area contributed by atoms with Crippen molar-refractivity contribution >= 4 is 52.4 Å². The molecule has 29 heavy (non-hydrogen) atoms. The lowest BCUT2D eigenvalue weighted by Gasteiger charge is -2.32. The van der Waals surface area contributed by atoms with Crippen molar-refractivity contribution in [1.29, 1.82) is 0 Å². The number of carbonyl (C=O) groups excluding carboxylic acids is 1. The van der Waals surface area contributed by atoms with Gasteiger partial charge < -0.3 is 5.32 Å². The minimum atomic E-state index is 0.0176. The number of anilines is 2. The number of thioether (sulfide) groups is 1. The predicted octanol–water partition coefficient (Wildman–Crippen LogP) is 6.54. The first-order valence-electron chi connectivity index (χ1n) is 9.33. The molecule has 3 aromatic carbocycles. The SMILES string of the molecule is CSc1ccc2c(c1)N(C(=O)CNC(C)c1cccc(Cl)c1)c1ccccc1S2. The van der Waals surface area contributed by atoms with Gasteiger partial charge in [-0.15, -0.1) is 11.8 Å². The molecule has 0 spiro atoms. The molecule has 0 saturated carbocycles. The van der Waals surface area contributed by atoms with Crippen molar-refractivity contribution in [2.45, 2.75) is 27.7 Å². The summed E-state index contributed by atoms with van der Waals surface area (Å²) in [6.45, 7) is 2.27. The highest BCUT2D eigenvalue weighted by molar-refractivity contribution is 8.00. The van der Waals surface area contributed by atoms with Crippen molar-refractivity contribution in [2.24, 2.45) is 0 Å². The van der Waals surface area contributed by atoms with Crippen LogP contribution in [-0.4, -0.2) is 18.7 Å². The second-order valence-corrected chi connectivity index (χ2v) is 9.19. The van der Waals surface area contributed by atoms with Crippen LogP contribution >= 0.6 is 35.1 Å². The van der Waals surface area contributed by atoms with E-state index in [1.807, 2.05) is 60.5 Å². The number of carbonyl (C=O) groups is 1. The second kappa shape index (κ2) is 8.84. The Morgan fingerprint density at radius 3 is 2.66 bits per heavy atom. The Balaban J connectivity index is 1.60. The minimum Gasteiger partial charge on any atom is -0.302 e. The number of fused-ring (bicyclic) bond motifs is 2. The van der Waals surface area contributed by atoms with E-state index < -0.39 is 0 Å². The highest BCUT2D eigenvalue weighted by atomic mass is 35.5. The van der Waals surface area contributed by atoms with Crippen LogP contribution in [0.1, 0.15) is 18.5 Å². The first-order chi connectivity index (χ1) is 14.1. The molecule has 0 radical (unpaired) electrons. The summed E-state index contributed by atoms with van der Waals surface area (Å²) in [6.07, 6.45) is 2.05. The van der Waals surface area contributed by atoms with Gasteiger partial charge in [0.25, 0.3) is 0 Å². The molecule has 0 fully saturated rings. The number of hydrogen-bond donors (Lipinski definition) is 1. The van der Waals surface area contributed by atoms with E-state index in [4.69, 9.17) is 11.6 Å². The minimum absolute atomic E-state index is 0.0176. The molecule has 4 rings (SSSR count). The molecule has 0 bridgehead atoms. The highest BCUT2D eigenvalue weighted by Gasteiger charge is 2.28. The van der Waals surface area contributed by atoms with Crippen LogP contribution in [0.4, 0.5) is 11.4 Å². The molecule has 1 aliphatic rings. The molecule has 1 unspecified atom stereocenters. The number of benzene rings is 3. The lowest BCUT2D eigenvalue weighted by Crippen LogP contribution is -2.37. The van der Waals surface area contributed by atoms with Gasteiger partial charge in [0.15, 0.2) is 0 Å². The molecular weight excluding hydrogens is 420 g/mol. The standard InChI is InChI=1S/C23H21ClN2OS2/c1-15(16-6-5-7-17(24)12-16)25-14-23(27)26-19-8-3-4-9-21(19)29-22-11-10-18(28-2)13-20(22)26/h3-13,15,25H,14H2,1-2H3. The van der Waals surface area contributed by atoms with Gasteiger partial charge in [-0.25, -0.2) is 0 Å². The van der Waals surface area contributed by atoms with Gasteiger partial charge in [0.1, 0.15) is 0 Å². The van der Waals surface area contributed by atoms with Crippen molar-refractivity contribution in [2.75, 3.05) is 17.7 Å². The number of nitrogens with one attached hydrogen (secondary N) is 1. The molecule has 6 heteroatoms. The molecule has 1 amide bonds. The van der Waals surface area contributed by atoms with Crippen molar-refractivity contribution in [3.05, 3.63) is 77.3 Å². The van der Waals surface area contributed by atoms with Crippen molar-refractivity contribution in [3.63, 3.8) is 0 Å². The second-order valence-electron chi connectivity index (χ2n) is 6.79. The third-order valence-electron chi connectivity index (χ3n) is 4.89. The van der Waals surface area contributed by atoms with Gasteiger partial charge in [-0.1, -0.05) is 47.6 Å². The largest absolute Gasteiger partial charge is 0.302 e. The quantitative estimate of drug-likeness (QED) is 0.456. The Labute approximate surface area is 184 Å². The fourth-order valence-electron chi connectivity index (χ4n) is 3.34. The molecule has 0 saturated heterocycles. The fraction of sp³-hybridized carbons (Fsp3) is 0.174. The average molecular weight is 441 g/mol. The molecule has 1 N–H and O–H groups in total. The molecule has 148 valence electrons. The van der Waals surface area contributed by atoms with Crippen LogP contribution in [0.25, 0.3) is 0 Å². The normalized spacial score (nSPS) is 13.6. The van der Waals surface area contributed by atoms with Crippen LogP contribution in [0, 0.1) is 0 Å². The van der Waals surface area contributed by atoms with E-state index in [0.717, 1.165) is 31.6 Å². The maximum Gasteiger partial charge on any atom is 0.245 e. The van der Waals surface area contributed by atoms with Gasteiger partial charge >= 0.3 is 0 Å². The molecule has 1 aliphatic heterocycles. The fourth-order valence-corrected chi connectivity index (χ4v) is 5.01. The Morgan fingerprint density at radius 2 is 1.86 bits per heavy atom. The summed E-state index contributed by atoms with van der Waals surface area (Å²) in [5, 5.41) is 4.05. The predicted molar refractivity (Wildman–Crippen MR) is 124 cm³/mol. The molecule has 3 nitrogen and oxygen atoms in total. The lowest BCUT2D eigenvalue weighted by molar-refractivity contribution is -0.117. The summed E-state index contributed by atoms with van der Waals surface area (Å²) in [5.74, 6) is 0.0196. The van der Waals surface area contributed by atoms with Gasteiger partial charge in [0.05, 0.1) is 17.9 Å². The van der Waals surface area contributed by atoms with Crippen LogP contribution in [0.3, 0.4) is 0 Å². The summed E-state index contributed by atoms with van der Waals surface area (Å²) in [4.78, 5) is 18.5. The van der Waals surface area contributed by atoms with Crippen molar-refractivity contribution in [1.82, 2.24) is 5.32 Å². The summed E-state index contributed by atoms with van der Waals surface area (Å²) in [7, 11) is 0. The molecule has 0 aliphatic carbocycles. The van der Waals surface area contributed by atoms with Gasteiger partial charge in [-0.3, -0.25) is 9.69 Å². The Kier molecular flexibility index (Phi) is 6.20. The molecular formula is C23H21ClN2OS2. The van der Waals surface area contributed by atoms with Crippen LogP contribution in [0.15, 0.2) is 81.4 Å². The summed E-state index contributed by atoms with van der Waals surface area (Å²) in [5.41, 5.74) is 2.94. The van der Waals surface area contributed by atoms with Gasteiger partial charge in [0, 0.05) is 25.8 Å². The number of para-hydroxylation sites is 1. The molecule has 3 aromatic rings. The van der Waals surface area contributed by atoms with E-state index in [0.29, 0.717) is 5.02 Å². The number of hydrogen-bond acceptors (Lipinski definition) is 4. The maximum atomic E-state index is 13.3. The number of amides is 1. The van der Waals surface area contributed by atoms with E-state index in [2.05, 4.69) is 29.6 Å². The number of nitrogens with zero attached hydrogens (tertiary/aromatic N) is 1. The zero-order chi connectivity index (χ0) is 20.4. The van der Waals surface area contributed by atoms with Crippen LogP contribution in [0.5, 0.6) is 0 Å². The zero-order valence-electron chi connectivity index (χ0n) is 16.2. The summed E-state index contributed by atoms with van der Waals surface area (Å²) in [6, 6.07) is 22.1. The molecule has 1 atom stereocenters. The summed E-state index contributed by atoms with van der Waals surface area (Å²) < 4.78 is 0. The summed E-state index contributed by atoms with van der Waals surface area (Å²) >= 11 is 9.49. The Bertz CT molecular complexity index is 1060. The van der Waals surface area contributed by atoms with E-state index in [1.165, 1.54) is 0 Å².